The zero-order valence-corrected chi connectivity index (χ0v) is 20.6. The van der Waals surface area contributed by atoms with Gasteiger partial charge in [0.05, 0.1) is 24.0 Å². The summed E-state index contributed by atoms with van der Waals surface area (Å²) in [6.07, 6.45) is 2.18. The first kappa shape index (κ1) is 25.4. The molecule has 0 saturated heterocycles. The molecule has 3 aromatic carbocycles. The summed E-state index contributed by atoms with van der Waals surface area (Å²) in [6.45, 7) is 2.32. The van der Waals surface area contributed by atoms with Gasteiger partial charge in [-0.15, -0.1) is 5.10 Å². The van der Waals surface area contributed by atoms with Gasteiger partial charge in [-0.2, -0.15) is 0 Å². The SMILES string of the molecule is CC(O)CCCCOc1ccc(C(=O)Nc2ccccc2[S+]([O-])c2ccccc2-c2nnn[nH]2)cc1. The fourth-order valence-electron chi connectivity index (χ4n) is 3.58. The van der Waals surface area contributed by atoms with Gasteiger partial charge in [-0.1, -0.05) is 24.3 Å². The van der Waals surface area contributed by atoms with Crippen molar-refractivity contribution in [1.29, 1.82) is 0 Å². The lowest BCUT2D eigenvalue weighted by atomic mass is 10.2. The maximum Gasteiger partial charge on any atom is 0.255 e. The Balaban J connectivity index is 1.44. The number of aromatic amines is 1. The minimum Gasteiger partial charge on any atom is -0.606 e. The second-order valence-corrected chi connectivity index (χ2v) is 9.60. The normalized spacial score (nSPS) is 12.6. The summed E-state index contributed by atoms with van der Waals surface area (Å²) in [5.74, 6) is 0.755. The van der Waals surface area contributed by atoms with Crippen molar-refractivity contribution in [3.63, 3.8) is 0 Å². The number of amides is 1. The van der Waals surface area contributed by atoms with Crippen LogP contribution in [0.5, 0.6) is 5.75 Å². The second kappa shape index (κ2) is 12.3. The number of benzene rings is 3. The van der Waals surface area contributed by atoms with Gasteiger partial charge >= 0.3 is 0 Å². The van der Waals surface area contributed by atoms with E-state index >= 15 is 0 Å². The van der Waals surface area contributed by atoms with Gasteiger partial charge in [0.25, 0.3) is 5.91 Å². The third kappa shape index (κ3) is 6.48. The standard InChI is InChI=1S/C26H27N5O4S/c1-18(32)8-6-7-17-35-20-15-13-19(14-16-20)26(33)27-22-10-3-5-12-24(22)36(34)23-11-4-2-9-21(23)25-28-30-31-29-25/h2-5,9-16,18,32H,6-8,17H2,1H3,(H,27,33)(H,28,29,30,31). The molecule has 0 aliphatic heterocycles. The predicted molar refractivity (Wildman–Crippen MR) is 136 cm³/mol. The number of unbranched alkanes of at least 4 members (excludes halogenated alkanes) is 1. The number of nitrogens with zero attached hydrogens (tertiary/aromatic N) is 3. The van der Waals surface area contributed by atoms with E-state index < -0.39 is 11.2 Å². The van der Waals surface area contributed by atoms with Gasteiger partial charge in [0.2, 0.25) is 0 Å². The molecule has 0 fully saturated rings. The number of ether oxygens (including phenoxy) is 1. The van der Waals surface area contributed by atoms with Crippen molar-refractivity contribution < 1.29 is 19.2 Å². The molecule has 0 saturated carbocycles. The highest BCUT2D eigenvalue weighted by Crippen LogP contribution is 2.33. The molecule has 1 aromatic heterocycles. The summed E-state index contributed by atoms with van der Waals surface area (Å²) in [5, 5.41) is 26.0. The smallest absolute Gasteiger partial charge is 0.255 e. The summed E-state index contributed by atoms with van der Waals surface area (Å²) in [7, 11) is 0. The van der Waals surface area contributed by atoms with Crippen LogP contribution < -0.4 is 10.1 Å². The summed E-state index contributed by atoms with van der Waals surface area (Å²) in [6, 6.07) is 21.0. The van der Waals surface area contributed by atoms with Crippen LogP contribution in [0.25, 0.3) is 11.4 Å². The highest BCUT2D eigenvalue weighted by atomic mass is 32.2. The Morgan fingerprint density at radius 1 is 1.06 bits per heavy atom. The number of aliphatic hydroxyl groups is 1. The fourth-order valence-corrected chi connectivity index (χ4v) is 4.90. The van der Waals surface area contributed by atoms with Gasteiger partial charge in [0.1, 0.15) is 5.75 Å². The Labute approximate surface area is 212 Å². The number of hydrogen-bond acceptors (Lipinski definition) is 7. The zero-order valence-electron chi connectivity index (χ0n) is 19.8. The van der Waals surface area contributed by atoms with Crippen molar-refractivity contribution in [2.45, 2.75) is 42.1 Å². The lowest BCUT2D eigenvalue weighted by Crippen LogP contribution is -2.15. The molecule has 36 heavy (non-hydrogen) atoms. The van der Waals surface area contributed by atoms with E-state index in [1.54, 1.807) is 73.7 Å². The number of carbonyl (C=O) groups excluding carboxylic acids is 1. The summed E-state index contributed by atoms with van der Waals surface area (Å²) < 4.78 is 19.3. The molecule has 3 N–H and O–H groups in total. The first-order chi connectivity index (χ1) is 17.5. The second-order valence-electron chi connectivity index (χ2n) is 8.18. The lowest BCUT2D eigenvalue weighted by molar-refractivity contribution is 0.102. The van der Waals surface area contributed by atoms with Gasteiger partial charge in [-0.25, -0.2) is 5.10 Å². The molecule has 4 rings (SSSR count). The van der Waals surface area contributed by atoms with E-state index in [1.807, 2.05) is 6.07 Å². The molecule has 0 radical (unpaired) electrons. The maximum atomic E-state index is 13.6. The van der Waals surface area contributed by atoms with Crippen LogP contribution in [0.4, 0.5) is 5.69 Å². The summed E-state index contributed by atoms with van der Waals surface area (Å²) >= 11 is -1.61. The highest BCUT2D eigenvalue weighted by molar-refractivity contribution is 7.91. The quantitative estimate of drug-likeness (QED) is 0.205. The Morgan fingerprint density at radius 3 is 2.50 bits per heavy atom. The van der Waals surface area contributed by atoms with Crippen LogP contribution >= 0.6 is 0 Å². The molecule has 2 unspecified atom stereocenters. The molecule has 0 aliphatic carbocycles. The molecule has 186 valence electrons. The number of aromatic nitrogens is 4. The molecule has 9 nitrogen and oxygen atoms in total. The molecule has 1 heterocycles. The van der Waals surface area contributed by atoms with E-state index in [9.17, 15) is 14.5 Å². The molecule has 0 bridgehead atoms. The largest absolute Gasteiger partial charge is 0.606 e. The molecule has 0 spiro atoms. The molecule has 0 aliphatic rings. The fraction of sp³-hybridized carbons (Fsp3) is 0.231. The zero-order chi connectivity index (χ0) is 25.3. The molecule has 1 amide bonds. The number of nitrogens with one attached hydrogen (secondary N) is 2. The first-order valence-electron chi connectivity index (χ1n) is 11.6. The van der Waals surface area contributed by atoms with Gasteiger partial charge in [0.15, 0.2) is 15.6 Å². The maximum absolute atomic E-state index is 13.6. The van der Waals surface area contributed by atoms with Crippen molar-refractivity contribution in [2.24, 2.45) is 0 Å². The Kier molecular flexibility index (Phi) is 8.66. The third-order valence-corrected chi connectivity index (χ3v) is 6.93. The van der Waals surface area contributed by atoms with E-state index in [-0.39, 0.29) is 12.0 Å². The number of anilines is 1. The number of hydrogen-bond donors (Lipinski definition) is 3. The van der Waals surface area contributed by atoms with Crippen LogP contribution in [-0.2, 0) is 11.2 Å². The average Bonchev–Trinajstić information content (AvgIpc) is 3.44. The van der Waals surface area contributed by atoms with E-state index in [2.05, 4.69) is 25.9 Å². The van der Waals surface area contributed by atoms with Gasteiger partial charge in [0, 0.05) is 16.7 Å². The first-order valence-corrected chi connectivity index (χ1v) is 12.7. The van der Waals surface area contributed by atoms with Gasteiger partial charge in [-0.05, 0) is 85.1 Å². The number of H-pyrrole nitrogens is 1. The Bertz CT molecular complexity index is 1270. The van der Waals surface area contributed by atoms with Crippen LogP contribution in [0.15, 0.2) is 82.6 Å². The third-order valence-electron chi connectivity index (χ3n) is 5.42. The highest BCUT2D eigenvalue weighted by Gasteiger charge is 2.25. The minimum absolute atomic E-state index is 0.300. The van der Waals surface area contributed by atoms with Gasteiger partial charge in [-0.3, -0.25) is 4.79 Å². The number of para-hydroxylation sites is 1. The Morgan fingerprint density at radius 2 is 1.78 bits per heavy atom. The monoisotopic (exact) mass is 505 g/mol. The van der Waals surface area contributed by atoms with Crippen molar-refractivity contribution in [3.8, 4) is 17.1 Å². The van der Waals surface area contributed by atoms with E-state index in [1.165, 1.54) is 0 Å². The van der Waals surface area contributed by atoms with Crippen LogP contribution in [0.2, 0.25) is 0 Å². The average molecular weight is 506 g/mol. The van der Waals surface area contributed by atoms with Crippen molar-refractivity contribution in [2.75, 3.05) is 11.9 Å². The number of rotatable bonds is 11. The number of aliphatic hydroxyl groups excluding tert-OH is 1. The summed E-state index contributed by atoms with van der Waals surface area (Å²) in [4.78, 5) is 13.9. The van der Waals surface area contributed by atoms with Crippen LogP contribution in [0.1, 0.15) is 36.5 Å². The van der Waals surface area contributed by atoms with Crippen molar-refractivity contribution in [1.82, 2.24) is 20.6 Å². The van der Waals surface area contributed by atoms with E-state index in [0.717, 1.165) is 19.3 Å². The topological polar surface area (TPSA) is 136 Å². The van der Waals surface area contributed by atoms with Gasteiger partial charge < -0.3 is 19.7 Å². The van der Waals surface area contributed by atoms with Crippen molar-refractivity contribution >= 4 is 22.8 Å². The van der Waals surface area contributed by atoms with E-state index in [4.69, 9.17) is 4.74 Å². The number of carbonyl (C=O) groups is 1. The van der Waals surface area contributed by atoms with Crippen LogP contribution in [-0.4, -0.2) is 48.9 Å². The molecule has 4 aromatic rings. The molecular weight excluding hydrogens is 478 g/mol. The Hall–Kier alpha value is -3.73. The predicted octanol–water partition coefficient (Wildman–Crippen LogP) is 4.22. The molecular formula is C26H27N5O4S. The minimum atomic E-state index is -1.61. The molecule has 10 heteroatoms. The van der Waals surface area contributed by atoms with E-state index in [0.29, 0.717) is 44.8 Å². The lowest BCUT2D eigenvalue weighted by Gasteiger charge is -2.16. The summed E-state index contributed by atoms with van der Waals surface area (Å²) in [5.41, 5.74) is 1.51. The van der Waals surface area contributed by atoms with Crippen molar-refractivity contribution in [3.05, 3.63) is 78.4 Å². The number of tetrazole rings is 1. The van der Waals surface area contributed by atoms with Crippen LogP contribution in [0, 0.1) is 0 Å². The molecule has 2 atom stereocenters. The van der Waals surface area contributed by atoms with Crippen LogP contribution in [0.3, 0.4) is 0 Å².